The van der Waals surface area contributed by atoms with Gasteiger partial charge in [-0.2, -0.15) is 0 Å². The van der Waals surface area contributed by atoms with E-state index in [0.29, 0.717) is 38.1 Å². The number of allylic oxidation sites excluding steroid dienone is 1. The van der Waals surface area contributed by atoms with Gasteiger partial charge in [0.15, 0.2) is 11.4 Å². The number of fused-ring (bicyclic) bond motifs is 1. The van der Waals surface area contributed by atoms with E-state index in [4.69, 9.17) is 9.47 Å². The molecule has 0 radical (unpaired) electrons. The fraction of sp³-hybridized carbons (Fsp3) is 0.231. The van der Waals surface area contributed by atoms with E-state index >= 15 is 0 Å². The van der Waals surface area contributed by atoms with E-state index in [1.807, 2.05) is 30.3 Å². The number of nitrogens with zero attached hydrogens (tertiary/aromatic N) is 1. The normalized spacial score (nSPS) is 10.0. The Bertz CT molecular complexity index is 1280. The number of phenolic OH excluding ortho intramolecular Hbond substituents is 1. The Morgan fingerprint density at radius 3 is 2.36 bits per heavy atom. The van der Waals surface area contributed by atoms with Crippen LogP contribution >= 0.6 is 28.1 Å². The Morgan fingerprint density at radius 1 is 1.14 bits per heavy atom. The number of esters is 1. The number of ether oxygens (including phenoxy) is 3. The number of methoxy groups -OCH3 is 1. The summed E-state index contributed by atoms with van der Waals surface area (Å²) in [6.45, 7) is 9.63. The van der Waals surface area contributed by atoms with Crippen molar-refractivity contribution in [1.82, 2.24) is 10.3 Å². The van der Waals surface area contributed by atoms with Crippen molar-refractivity contribution < 1.29 is 28.9 Å². The third kappa shape index (κ3) is 7.50. The van der Waals surface area contributed by atoms with E-state index in [1.165, 1.54) is 7.11 Å². The van der Waals surface area contributed by atoms with Crippen molar-refractivity contribution in [1.29, 1.82) is 0 Å². The molecule has 0 aliphatic carbocycles. The van der Waals surface area contributed by atoms with E-state index in [1.54, 1.807) is 32.9 Å². The number of benzene rings is 2. The molecule has 0 spiro atoms. The summed E-state index contributed by atoms with van der Waals surface area (Å²) in [6.07, 6.45) is -0.481. The zero-order valence-corrected chi connectivity index (χ0v) is 22.8. The monoisotopic (exact) mass is 574 g/mol. The number of aromatic hydroxyl groups is 1. The van der Waals surface area contributed by atoms with Crippen molar-refractivity contribution in [2.24, 2.45) is 0 Å². The number of halogens is 1. The number of thiocarbonyl (C=S) groups is 1. The van der Waals surface area contributed by atoms with E-state index in [-0.39, 0.29) is 23.8 Å². The molecule has 190 valence electrons. The minimum atomic E-state index is -0.620. The second-order valence-electron chi connectivity index (χ2n) is 7.40. The lowest BCUT2D eigenvalue weighted by molar-refractivity contribution is 0.0588. The molecule has 10 heteroatoms. The van der Waals surface area contributed by atoms with Crippen LogP contribution in [0.15, 0.2) is 53.5 Å². The lowest BCUT2D eigenvalue weighted by atomic mass is 10.0. The van der Waals surface area contributed by atoms with Gasteiger partial charge in [0, 0.05) is 5.39 Å². The summed E-state index contributed by atoms with van der Waals surface area (Å²) in [4.78, 5) is 27.6. The van der Waals surface area contributed by atoms with E-state index in [2.05, 4.69) is 49.8 Å². The van der Waals surface area contributed by atoms with Gasteiger partial charge in [-0.05, 0) is 60.0 Å². The minimum absolute atomic E-state index is 0.0129. The Kier molecular flexibility index (Phi) is 10.8. The lowest BCUT2D eigenvalue weighted by Gasteiger charge is -2.17. The average molecular weight is 575 g/mol. The molecule has 1 aromatic heterocycles. The van der Waals surface area contributed by atoms with Gasteiger partial charge in [-0.3, -0.25) is 5.32 Å². The second kappa shape index (κ2) is 13.6. The number of hydrogen-bond acceptors (Lipinski definition) is 8. The number of rotatable bonds is 6. The summed E-state index contributed by atoms with van der Waals surface area (Å²) in [7, 11) is 1.29. The number of phenols is 1. The maximum atomic E-state index is 12.3. The number of alkyl carbamates (subject to hydrolysis) is 1. The summed E-state index contributed by atoms with van der Waals surface area (Å²) < 4.78 is 15.9. The maximum absolute atomic E-state index is 12.3. The second-order valence-corrected chi connectivity index (χ2v) is 8.87. The number of pyridine rings is 1. The molecule has 0 saturated heterocycles. The molecule has 36 heavy (non-hydrogen) atoms. The first kappa shape index (κ1) is 28.7. The average Bonchev–Trinajstić information content (AvgIpc) is 2.84. The SMILES string of the molecule is C=C(C)c1nc(C(=O)OC)c(OCc2ccccc2)c2ccc(Br)c(O)c12.CCOC(=O)NC(C)=S. The molecule has 0 saturated carbocycles. The molecule has 2 aromatic carbocycles. The van der Waals surface area contributed by atoms with Crippen LogP contribution in [0.5, 0.6) is 11.5 Å². The molecule has 1 amide bonds. The first-order chi connectivity index (χ1) is 17.1. The maximum Gasteiger partial charge on any atom is 0.411 e. The van der Waals surface area contributed by atoms with Crippen LogP contribution in [-0.2, 0) is 16.1 Å². The molecule has 0 aliphatic rings. The van der Waals surface area contributed by atoms with Crippen LogP contribution in [0.4, 0.5) is 4.79 Å². The summed E-state index contributed by atoms with van der Waals surface area (Å²) >= 11 is 7.90. The summed E-state index contributed by atoms with van der Waals surface area (Å²) in [5, 5.41) is 13.9. The van der Waals surface area contributed by atoms with Gasteiger partial charge in [0.25, 0.3) is 0 Å². The van der Waals surface area contributed by atoms with Crippen molar-refractivity contribution >= 4 is 61.5 Å². The Hall–Kier alpha value is -3.50. The molecule has 2 N–H and O–H groups in total. The van der Waals surface area contributed by atoms with E-state index in [0.717, 1.165) is 5.56 Å². The third-order valence-corrected chi connectivity index (χ3v) is 5.35. The molecule has 3 rings (SSSR count). The predicted octanol–water partition coefficient (Wildman–Crippen LogP) is 6.18. The standard InChI is InChI=1S/C21H18BrNO4.C5H9NO2S/c1-12(2)17-16-14(9-10-15(22)19(16)24)20(18(23-17)21(25)26-3)27-11-13-7-5-4-6-8-13;1-3-8-5(7)6-4(2)9/h4-10,24H,1,11H2,2-3H3;3H2,1-2H3,(H,6,7,9). The Balaban J connectivity index is 0.000000434. The van der Waals surface area contributed by atoms with Crippen molar-refractivity contribution in [2.45, 2.75) is 27.4 Å². The van der Waals surface area contributed by atoms with E-state index < -0.39 is 12.1 Å². The molecule has 8 nitrogen and oxygen atoms in total. The molecule has 0 aliphatic heterocycles. The first-order valence-corrected chi connectivity index (χ1v) is 12.0. The lowest BCUT2D eigenvalue weighted by Crippen LogP contribution is -2.27. The van der Waals surface area contributed by atoms with Crippen molar-refractivity contribution in [2.75, 3.05) is 13.7 Å². The fourth-order valence-electron chi connectivity index (χ4n) is 3.07. The molecule has 0 fully saturated rings. The van der Waals surface area contributed by atoms with Gasteiger partial charge in [0.05, 0.1) is 34.3 Å². The molecule has 0 atom stereocenters. The van der Waals surface area contributed by atoms with Gasteiger partial charge in [-0.1, -0.05) is 49.1 Å². The molecule has 0 bridgehead atoms. The largest absolute Gasteiger partial charge is 0.506 e. The quantitative estimate of drug-likeness (QED) is 0.265. The number of carbonyl (C=O) groups excluding carboxylic acids is 2. The van der Waals surface area contributed by atoms with Gasteiger partial charge in [-0.15, -0.1) is 0 Å². The summed E-state index contributed by atoms with van der Waals surface area (Å²) in [5.41, 5.74) is 2.00. The number of hydrogen-bond donors (Lipinski definition) is 2. The van der Waals surface area contributed by atoms with Gasteiger partial charge in [0.1, 0.15) is 12.4 Å². The molecular formula is C26H27BrN2O6S. The van der Waals surface area contributed by atoms with Gasteiger partial charge in [-0.25, -0.2) is 14.6 Å². The number of aromatic nitrogens is 1. The number of nitrogens with one attached hydrogen (secondary N) is 1. The molecular weight excluding hydrogens is 548 g/mol. The van der Waals surface area contributed by atoms with Crippen LogP contribution in [0.1, 0.15) is 42.5 Å². The molecule has 0 unspecified atom stereocenters. The fourth-order valence-corrected chi connectivity index (χ4v) is 3.49. The topological polar surface area (TPSA) is 107 Å². The Labute approximate surface area is 223 Å². The minimum Gasteiger partial charge on any atom is -0.506 e. The predicted molar refractivity (Wildman–Crippen MR) is 146 cm³/mol. The van der Waals surface area contributed by atoms with Crippen LogP contribution in [-0.4, -0.2) is 40.9 Å². The highest BCUT2D eigenvalue weighted by molar-refractivity contribution is 9.10. The van der Waals surface area contributed by atoms with E-state index in [9.17, 15) is 14.7 Å². The van der Waals surface area contributed by atoms with Crippen LogP contribution < -0.4 is 10.1 Å². The highest BCUT2D eigenvalue weighted by Gasteiger charge is 2.24. The van der Waals surface area contributed by atoms with Gasteiger partial charge in [0.2, 0.25) is 0 Å². The third-order valence-electron chi connectivity index (χ3n) is 4.61. The van der Waals surface area contributed by atoms with Crippen LogP contribution in [0.25, 0.3) is 16.3 Å². The number of carbonyl (C=O) groups is 2. The van der Waals surface area contributed by atoms with Crippen molar-refractivity contribution in [3.05, 3.63) is 70.5 Å². The van der Waals surface area contributed by atoms with Gasteiger partial charge >= 0.3 is 12.1 Å². The highest BCUT2D eigenvalue weighted by atomic mass is 79.9. The number of amides is 1. The van der Waals surface area contributed by atoms with Crippen LogP contribution in [0, 0.1) is 0 Å². The van der Waals surface area contributed by atoms with Gasteiger partial charge < -0.3 is 19.3 Å². The summed E-state index contributed by atoms with van der Waals surface area (Å²) in [6, 6.07) is 13.0. The van der Waals surface area contributed by atoms with Crippen LogP contribution in [0.2, 0.25) is 0 Å². The van der Waals surface area contributed by atoms with Crippen molar-refractivity contribution in [3.8, 4) is 11.5 Å². The molecule has 3 aromatic rings. The summed E-state index contributed by atoms with van der Waals surface area (Å²) in [5.74, 6) is -0.350. The zero-order valence-electron chi connectivity index (χ0n) is 20.4. The first-order valence-electron chi connectivity index (χ1n) is 10.8. The van der Waals surface area contributed by atoms with Crippen molar-refractivity contribution in [3.63, 3.8) is 0 Å². The molecule has 1 heterocycles. The smallest absolute Gasteiger partial charge is 0.411 e. The highest BCUT2D eigenvalue weighted by Crippen LogP contribution is 2.41. The van der Waals surface area contributed by atoms with Crippen LogP contribution in [0.3, 0.4) is 0 Å². The zero-order chi connectivity index (χ0) is 26.8. The Morgan fingerprint density at radius 2 is 1.81 bits per heavy atom.